The molecule has 0 amide bonds. The van der Waals surface area contributed by atoms with Crippen molar-refractivity contribution >= 4 is 5.82 Å². The fraction of sp³-hybridized carbons (Fsp3) is 0.727. The minimum Gasteiger partial charge on any atom is -0.359 e. The van der Waals surface area contributed by atoms with Crippen molar-refractivity contribution in [2.24, 2.45) is 18.7 Å². The highest BCUT2D eigenvalue weighted by Crippen LogP contribution is 2.22. The van der Waals surface area contributed by atoms with Crippen LogP contribution in [0.4, 0.5) is 5.82 Å². The first-order chi connectivity index (χ1) is 6.97. The third-order valence-electron chi connectivity index (χ3n) is 2.52. The number of rotatable bonds is 4. The second-order valence-corrected chi connectivity index (χ2v) is 4.49. The van der Waals surface area contributed by atoms with Gasteiger partial charge in [-0.1, -0.05) is 13.8 Å². The zero-order valence-corrected chi connectivity index (χ0v) is 10.4. The molecule has 1 aromatic rings. The van der Waals surface area contributed by atoms with Gasteiger partial charge in [-0.2, -0.15) is 5.10 Å². The van der Waals surface area contributed by atoms with E-state index in [1.807, 2.05) is 18.7 Å². The first kappa shape index (κ1) is 12.0. The van der Waals surface area contributed by atoms with Crippen LogP contribution in [-0.4, -0.2) is 23.4 Å². The molecule has 0 aliphatic rings. The summed E-state index contributed by atoms with van der Waals surface area (Å²) in [4.78, 5) is 2.23. The molecule has 86 valence electrons. The summed E-state index contributed by atoms with van der Waals surface area (Å²) in [5.74, 6) is 1.78. The maximum absolute atomic E-state index is 5.75. The normalized spacial score (nSPS) is 11.1. The lowest BCUT2D eigenvalue weighted by molar-refractivity contribution is 0.618. The zero-order valence-electron chi connectivity index (χ0n) is 10.4. The quantitative estimate of drug-likeness (QED) is 0.814. The Kier molecular flexibility index (Phi) is 3.74. The molecular formula is C11H22N4. The Hall–Kier alpha value is -1.03. The van der Waals surface area contributed by atoms with Crippen molar-refractivity contribution in [3.05, 3.63) is 11.3 Å². The molecule has 15 heavy (non-hydrogen) atoms. The summed E-state index contributed by atoms with van der Waals surface area (Å²) in [6.07, 6.45) is 0. The largest absolute Gasteiger partial charge is 0.359 e. The lowest BCUT2D eigenvalue weighted by Gasteiger charge is -2.22. The van der Waals surface area contributed by atoms with Gasteiger partial charge >= 0.3 is 0 Å². The molecule has 0 aliphatic carbocycles. The van der Waals surface area contributed by atoms with Crippen LogP contribution < -0.4 is 10.6 Å². The summed E-state index contributed by atoms with van der Waals surface area (Å²) in [6, 6.07) is 0. The Bertz CT molecular complexity index is 328. The van der Waals surface area contributed by atoms with Crippen molar-refractivity contribution < 1.29 is 0 Å². The highest BCUT2D eigenvalue weighted by molar-refractivity contribution is 5.49. The predicted molar refractivity (Wildman–Crippen MR) is 63.9 cm³/mol. The van der Waals surface area contributed by atoms with Crippen LogP contribution in [0.2, 0.25) is 0 Å². The SMILES string of the molecule is Cc1nn(C)c(N(C)CC(C)C)c1CN. The van der Waals surface area contributed by atoms with Crippen molar-refractivity contribution in [2.45, 2.75) is 27.3 Å². The van der Waals surface area contributed by atoms with E-state index in [4.69, 9.17) is 5.73 Å². The summed E-state index contributed by atoms with van der Waals surface area (Å²) in [5, 5.41) is 4.41. The van der Waals surface area contributed by atoms with Crippen LogP contribution >= 0.6 is 0 Å². The van der Waals surface area contributed by atoms with Crippen LogP contribution in [0.3, 0.4) is 0 Å². The Labute approximate surface area is 92.1 Å². The van der Waals surface area contributed by atoms with Crippen LogP contribution in [0.5, 0.6) is 0 Å². The Balaban J connectivity index is 3.01. The van der Waals surface area contributed by atoms with Crippen LogP contribution in [0.15, 0.2) is 0 Å². The number of aromatic nitrogens is 2. The van der Waals surface area contributed by atoms with Crippen molar-refractivity contribution in [1.29, 1.82) is 0 Å². The van der Waals surface area contributed by atoms with Gasteiger partial charge in [0.15, 0.2) is 0 Å². The van der Waals surface area contributed by atoms with Gasteiger partial charge in [0, 0.05) is 32.7 Å². The summed E-state index contributed by atoms with van der Waals surface area (Å²) in [7, 11) is 4.06. The van der Waals surface area contributed by atoms with Gasteiger partial charge in [-0.05, 0) is 12.8 Å². The van der Waals surface area contributed by atoms with E-state index in [9.17, 15) is 0 Å². The number of anilines is 1. The van der Waals surface area contributed by atoms with Crippen molar-refractivity contribution in [1.82, 2.24) is 9.78 Å². The van der Waals surface area contributed by atoms with E-state index in [1.54, 1.807) is 0 Å². The standard InChI is InChI=1S/C11H22N4/c1-8(2)7-14(4)11-10(6-12)9(3)13-15(11)5/h8H,6-7,12H2,1-5H3. The molecule has 4 nitrogen and oxygen atoms in total. The summed E-state index contributed by atoms with van der Waals surface area (Å²) in [5.41, 5.74) is 7.94. The molecule has 0 saturated heterocycles. The van der Waals surface area contributed by atoms with E-state index in [1.165, 1.54) is 0 Å². The molecule has 0 fully saturated rings. The second-order valence-electron chi connectivity index (χ2n) is 4.49. The molecule has 1 rings (SSSR count). The molecule has 0 bridgehead atoms. The predicted octanol–water partition coefficient (Wildman–Crippen LogP) is 1.28. The molecule has 0 spiro atoms. The van der Waals surface area contributed by atoms with Crippen LogP contribution in [0, 0.1) is 12.8 Å². The molecular weight excluding hydrogens is 188 g/mol. The molecule has 0 unspecified atom stereocenters. The second kappa shape index (κ2) is 4.66. The first-order valence-corrected chi connectivity index (χ1v) is 5.41. The van der Waals surface area contributed by atoms with E-state index >= 15 is 0 Å². The molecule has 0 aromatic carbocycles. The lowest BCUT2D eigenvalue weighted by Crippen LogP contribution is -2.26. The van der Waals surface area contributed by atoms with Gasteiger partial charge in [0.2, 0.25) is 0 Å². The van der Waals surface area contributed by atoms with Gasteiger partial charge in [0.1, 0.15) is 5.82 Å². The first-order valence-electron chi connectivity index (χ1n) is 5.41. The number of nitrogens with zero attached hydrogens (tertiary/aromatic N) is 3. The molecule has 1 heterocycles. The summed E-state index contributed by atoms with van der Waals surface area (Å²) >= 11 is 0. The highest BCUT2D eigenvalue weighted by Gasteiger charge is 2.15. The topological polar surface area (TPSA) is 47.1 Å². The summed E-state index contributed by atoms with van der Waals surface area (Å²) < 4.78 is 1.92. The minimum atomic E-state index is 0.553. The molecule has 0 atom stereocenters. The van der Waals surface area contributed by atoms with E-state index in [2.05, 4.69) is 30.9 Å². The third kappa shape index (κ3) is 2.50. The highest BCUT2D eigenvalue weighted by atomic mass is 15.4. The fourth-order valence-corrected chi connectivity index (χ4v) is 2.04. The Morgan fingerprint density at radius 2 is 2.07 bits per heavy atom. The third-order valence-corrected chi connectivity index (χ3v) is 2.52. The molecule has 0 saturated carbocycles. The maximum Gasteiger partial charge on any atom is 0.131 e. The van der Waals surface area contributed by atoms with E-state index in [-0.39, 0.29) is 0 Å². The molecule has 1 aromatic heterocycles. The Morgan fingerprint density at radius 1 is 1.47 bits per heavy atom. The molecule has 0 radical (unpaired) electrons. The average molecular weight is 210 g/mol. The number of hydrogen-bond donors (Lipinski definition) is 1. The van der Waals surface area contributed by atoms with E-state index in [0.717, 1.165) is 23.6 Å². The molecule has 0 aliphatic heterocycles. The van der Waals surface area contributed by atoms with Gasteiger partial charge in [-0.25, -0.2) is 0 Å². The van der Waals surface area contributed by atoms with Gasteiger partial charge in [0.05, 0.1) is 5.69 Å². The van der Waals surface area contributed by atoms with Gasteiger partial charge in [-0.3, -0.25) is 4.68 Å². The molecule has 2 N–H and O–H groups in total. The smallest absolute Gasteiger partial charge is 0.131 e. The van der Waals surface area contributed by atoms with Crippen LogP contribution in [0.25, 0.3) is 0 Å². The van der Waals surface area contributed by atoms with Crippen molar-refractivity contribution in [2.75, 3.05) is 18.5 Å². The fourth-order valence-electron chi connectivity index (χ4n) is 2.04. The minimum absolute atomic E-state index is 0.553. The van der Waals surface area contributed by atoms with Gasteiger partial charge in [0.25, 0.3) is 0 Å². The number of nitrogens with two attached hydrogens (primary N) is 1. The monoisotopic (exact) mass is 210 g/mol. The van der Waals surface area contributed by atoms with E-state index in [0.29, 0.717) is 12.5 Å². The van der Waals surface area contributed by atoms with E-state index < -0.39 is 0 Å². The van der Waals surface area contributed by atoms with Gasteiger partial charge < -0.3 is 10.6 Å². The Morgan fingerprint density at radius 3 is 2.53 bits per heavy atom. The van der Waals surface area contributed by atoms with Crippen molar-refractivity contribution in [3.63, 3.8) is 0 Å². The van der Waals surface area contributed by atoms with Gasteiger partial charge in [-0.15, -0.1) is 0 Å². The number of hydrogen-bond acceptors (Lipinski definition) is 3. The van der Waals surface area contributed by atoms with Crippen LogP contribution in [0.1, 0.15) is 25.1 Å². The lowest BCUT2D eigenvalue weighted by atomic mass is 10.2. The molecule has 4 heteroatoms. The average Bonchev–Trinajstić information content (AvgIpc) is 2.38. The zero-order chi connectivity index (χ0) is 11.6. The number of aryl methyl sites for hydroxylation is 2. The van der Waals surface area contributed by atoms with Crippen molar-refractivity contribution in [3.8, 4) is 0 Å². The summed E-state index contributed by atoms with van der Waals surface area (Å²) in [6.45, 7) is 8.00. The maximum atomic E-state index is 5.75. The van der Waals surface area contributed by atoms with Crippen LogP contribution in [-0.2, 0) is 13.6 Å².